The fourth-order valence-corrected chi connectivity index (χ4v) is 1.39. The number of benzene rings is 1. The SMILES string of the molecule is Cc1ccc(Cl)cc1C=CCCC(=O)O. The van der Waals surface area contributed by atoms with Gasteiger partial charge in [0, 0.05) is 11.4 Å². The molecule has 0 aliphatic carbocycles. The van der Waals surface area contributed by atoms with E-state index in [-0.39, 0.29) is 6.42 Å². The largest absolute Gasteiger partial charge is 0.481 e. The summed E-state index contributed by atoms with van der Waals surface area (Å²) in [5, 5.41) is 9.15. The molecule has 0 heterocycles. The van der Waals surface area contributed by atoms with Crippen LogP contribution < -0.4 is 0 Å². The summed E-state index contributed by atoms with van der Waals surface area (Å²) in [5.41, 5.74) is 2.17. The van der Waals surface area contributed by atoms with E-state index < -0.39 is 5.97 Å². The van der Waals surface area contributed by atoms with Crippen LogP contribution in [-0.4, -0.2) is 11.1 Å². The van der Waals surface area contributed by atoms with Crippen molar-refractivity contribution in [1.82, 2.24) is 0 Å². The molecule has 1 N–H and O–H groups in total. The highest BCUT2D eigenvalue weighted by Crippen LogP contribution is 2.16. The monoisotopic (exact) mass is 224 g/mol. The second kappa shape index (κ2) is 5.56. The average molecular weight is 225 g/mol. The first-order valence-electron chi connectivity index (χ1n) is 4.74. The van der Waals surface area contributed by atoms with Gasteiger partial charge < -0.3 is 5.11 Å². The van der Waals surface area contributed by atoms with Crippen molar-refractivity contribution in [2.45, 2.75) is 19.8 Å². The molecule has 0 amide bonds. The molecule has 0 aliphatic heterocycles. The molecular formula is C12H13ClO2. The number of carboxylic acids is 1. The lowest BCUT2D eigenvalue weighted by atomic mass is 10.1. The van der Waals surface area contributed by atoms with Crippen LogP contribution in [0, 0.1) is 6.92 Å². The minimum Gasteiger partial charge on any atom is -0.481 e. The molecule has 0 saturated carbocycles. The Kier molecular flexibility index (Phi) is 4.37. The molecule has 0 fully saturated rings. The Morgan fingerprint density at radius 1 is 1.53 bits per heavy atom. The predicted molar refractivity (Wildman–Crippen MR) is 62.1 cm³/mol. The molecule has 1 aromatic rings. The second-order valence-electron chi connectivity index (χ2n) is 3.34. The molecule has 0 aromatic heterocycles. The van der Waals surface area contributed by atoms with Crippen molar-refractivity contribution in [3.8, 4) is 0 Å². The van der Waals surface area contributed by atoms with Gasteiger partial charge in [-0.1, -0.05) is 29.8 Å². The molecule has 0 radical (unpaired) electrons. The van der Waals surface area contributed by atoms with Crippen LogP contribution in [0.2, 0.25) is 5.02 Å². The third kappa shape index (κ3) is 4.17. The zero-order valence-electron chi connectivity index (χ0n) is 8.53. The summed E-state index contributed by atoms with van der Waals surface area (Å²) in [4.78, 5) is 10.3. The van der Waals surface area contributed by atoms with Crippen LogP contribution in [-0.2, 0) is 4.79 Å². The Morgan fingerprint density at radius 2 is 2.27 bits per heavy atom. The summed E-state index contributed by atoms with van der Waals surface area (Å²) in [5.74, 6) is -0.775. The van der Waals surface area contributed by atoms with E-state index in [0.717, 1.165) is 11.1 Å². The lowest BCUT2D eigenvalue weighted by molar-refractivity contribution is -0.136. The summed E-state index contributed by atoms with van der Waals surface area (Å²) >= 11 is 5.85. The quantitative estimate of drug-likeness (QED) is 0.850. The fraction of sp³-hybridized carbons (Fsp3) is 0.250. The molecule has 80 valence electrons. The minimum atomic E-state index is -0.775. The van der Waals surface area contributed by atoms with E-state index >= 15 is 0 Å². The van der Waals surface area contributed by atoms with E-state index in [9.17, 15) is 4.79 Å². The van der Waals surface area contributed by atoms with Crippen LogP contribution in [0.4, 0.5) is 0 Å². The van der Waals surface area contributed by atoms with Gasteiger partial charge in [0.25, 0.3) is 0 Å². The van der Waals surface area contributed by atoms with Crippen molar-refractivity contribution in [2.24, 2.45) is 0 Å². The number of carbonyl (C=O) groups is 1. The molecule has 0 saturated heterocycles. The van der Waals surface area contributed by atoms with Crippen molar-refractivity contribution < 1.29 is 9.90 Å². The van der Waals surface area contributed by atoms with Gasteiger partial charge in [0.15, 0.2) is 0 Å². The average Bonchev–Trinajstić information content (AvgIpc) is 2.17. The third-order valence-electron chi connectivity index (χ3n) is 2.06. The number of aliphatic carboxylic acids is 1. The first kappa shape index (κ1) is 11.8. The van der Waals surface area contributed by atoms with E-state index in [0.29, 0.717) is 11.4 Å². The van der Waals surface area contributed by atoms with Crippen molar-refractivity contribution in [2.75, 3.05) is 0 Å². The Morgan fingerprint density at radius 3 is 2.93 bits per heavy atom. The third-order valence-corrected chi connectivity index (χ3v) is 2.30. The standard InChI is InChI=1S/C12H13ClO2/c1-9-6-7-11(13)8-10(9)4-2-3-5-12(14)15/h2,4,6-8H,3,5H2,1H3,(H,14,15). The molecule has 0 spiro atoms. The number of hydrogen-bond acceptors (Lipinski definition) is 1. The van der Waals surface area contributed by atoms with E-state index in [4.69, 9.17) is 16.7 Å². The van der Waals surface area contributed by atoms with Gasteiger partial charge in [-0.25, -0.2) is 0 Å². The number of carboxylic acid groups (broad SMARTS) is 1. The Bertz CT molecular complexity index is 383. The summed E-state index contributed by atoms with van der Waals surface area (Å²) in [7, 11) is 0. The highest BCUT2D eigenvalue weighted by molar-refractivity contribution is 6.30. The van der Waals surface area contributed by atoms with E-state index in [1.807, 2.05) is 37.3 Å². The van der Waals surface area contributed by atoms with Gasteiger partial charge in [0.05, 0.1) is 0 Å². The van der Waals surface area contributed by atoms with Gasteiger partial charge >= 0.3 is 5.97 Å². The van der Waals surface area contributed by atoms with Crippen LogP contribution in [0.5, 0.6) is 0 Å². The Balaban J connectivity index is 2.63. The first-order chi connectivity index (χ1) is 7.09. The van der Waals surface area contributed by atoms with Gasteiger partial charge in [0.1, 0.15) is 0 Å². The van der Waals surface area contributed by atoms with Crippen LogP contribution >= 0.6 is 11.6 Å². The predicted octanol–water partition coefficient (Wildman–Crippen LogP) is 3.53. The molecule has 3 heteroatoms. The molecule has 1 aromatic carbocycles. The summed E-state index contributed by atoms with van der Waals surface area (Å²) in [6, 6.07) is 5.65. The Labute approximate surface area is 94.2 Å². The fourth-order valence-electron chi connectivity index (χ4n) is 1.21. The smallest absolute Gasteiger partial charge is 0.303 e. The molecule has 0 atom stereocenters. The molecule has 1 rings (SSSR count). The molecule has 0 bridgehead atoms. The number of aryl methyl sites for hydroxylation is 1. The summed E-state index contributed by atoms with van der Waals surface area (Å²) < 4.78 is 0. The highest BCUT2D eigenvalue weighted by atomic mass is 35.5. The maximum Gasteiger partial charge on any atom is 0.303 e. The van der Waals surface area contributed by atoms with Gasteiger partial charge in [-0.15, -0.1) is 0 Å². The van der Waals surface area contributed by atoms with E-state index in [2.05, 4.69) is 0 Å². The maximum absolute atomic E-state index is 10.3. The number of halogens is 1. The maximum atomic E-state index is 10.3. The van der Waals surface area contributed by atoms with Crippen LogP contribution in [0.25, 0.3) is 6.08 Å². The van der Waals surface area contributed by atoms with Gasteiger partial charge in [-0.2, -0.15) is 0 Å². The van der Waals surface area contributed by atoms with Crippen LogP contribution in [0.3, 0.4) is 0 Å². The van der Waals surface area contributed by atoms with E-state index in [1.54, 1.807) is 0 Å². The highest BCUT2D eigenvalue weighted by Gasteiger charge is 1.96. The van der Waals surface area contributed by atoms with Crippen molar-refractivity contribution in [1.29, 1.82) is 0 Å². The van der Waals surface area contributed by atoms with Crippen molar-refractivity contribution in [3.63, 3.8) is 0 Å². The summed E-state index contributed by atoms with van der Waals surface area (Å²) in [6.45, 7) is 1.99. The molecule has 0 unspecified atom stereocenters. The van der Waals surface area contributed by atoms with Gasteiger partial charge in [0.2, 0.25) is 0 Å². The number of hydrogen-bond donors (Lipinski definition) is 1. The molecule has 2 nitrogen and oxygen atoms in total. The lowest BCUT2D eigenvalue weighted by Gasteiger charge is -2.00. The minimum absolute atomic E-state index is 0.163. The normalized spacial score (nSPS) is 10.8. The van der Waals surface area contributed by atoms with Crippen LogP contribution in [0.15, 0.2) is 24.3 Å². The van der Waals surface area contributed by atoms with Crippen molar-refractivity contribution in [3.05, 3.63) is 40.4 Å². The zero-order chi connectivity index (χ0) is 11.3. The summed E-state index contributed by atoms with van der Waals surface area (Å²) in [6.07, 6.45) is 4.47. The number of rotatable bonds is 4. The van der Waals surface area contributed by atoms with Crippen LogP contribution in [0.1, 0.15) is 24.0 Å². The molecular weight excluding hydrogens is 212 g/mol. The van der Waals surface area contributed by atoms with Gasteiger partial charge in [-0.3, -0.25) is 4.79 Å². The zero-order valence-corrected chi connectivity index (χ0v) is 9.29. The van der Waals surface area contributed by atoms with E-state index in [1.165, 1.54) is 0 Å². The molecule has 15 heavy (non-hydrogen) atoms. The Hall–Kier alpha value is -1.28. The van der Waals surface area contributed by atoms with Crippen molar-refractivity contribution >= 4 is 23.6 Å². The van der Waals surface area contributed by atoms with Gasteiger partial charge in [-0.05, 0) is 36.6 Å². The number of allylic oxidation sites excluding steroid dienone is 1. The topological polar surface area (TPSA) is 37.3 Å². The first-order valence-corrected chi connectivity index (χ1v) is 5.12. The molecule has 0 aliphatic rings. The lowest BCUT2D eigenvalue weighted by Crippen LogP contribution is -1.91. The second-order valence-corrected chi connectivity index (χ2v) is 3.77.